The number of methoxy groups -OCH3 is 1. The topological polar surface area (TPSA) is 89.0 Å². The fraction of sp³-hybridized carbons (Fsp3) is 0.136. The summed E-state index contributed by atoms with van der Waals surface area (Å²) in [5.74, 6) is 2.86. The number of hydrogen-bond acceptors (Lipinski definition) is 4. The Morgan fingerprint density at radius 3 is 2.79 bits per heavy atom. The van der Waals surface area contributed by atoms with E-state index in [2.05, 4.69) is 21.3 Å². The number of H-pyrrole nitrogens is 1. The van der Waals surface area contributed by atoms with Gasteiger partial charge in [0.1, 0.15) is 18.0 Å². The van der Waals surface area contributed by atoms with E-state index in [1.807, 2.05) is 24.3 Å². The van der Waals surface area contributed by atoms with Crippen LogP contribution < -0.4 is 15.6 Å². The Balaban J connectivity index is 1.62. The second-order valence-corrected chi connectivity index (χ2v) is 6.48. The number of aromatic nitrogens is 3. The Hall–Kier alpha value is -4.05. The SMILES string of the molecule is C#CCn1nc(CNC(=O)c2cc3ccc(OC)cc3[nH]2)c2ccccc2c1=O. The molecule has 144 valence electrons. The van der Waals surface area contributed by atoms with E-state index in [0.29, 0.717) is 27.9 Å². The molecular formula is C22H18N4O3. The maximum atomic E-state index is 12.7. The average Bonchev–Trinajstić information content (AvgIpc) is 3.18. The van der Waals surface area contributed by atoms with Crippen LogP contribution in [0.2, 0.25) is 0 Å². The molecule has 0 saturated heterocycles. The van der Waals surface area contributed by atoms with Gasteiger partial charge in [-0.2, -0.15) is 5.10 Å². The molecule has 0 radical (unpaired) electrons. The summed E-state index contributed by atoms with van der Waals surface area (Å²) in [4.78, 5) is 28.2. The highest BCUT2D eigenvalue weighted by Gasteiger charge is 2.13. The van der Waals surface area contributed by atoms with Crippen LogP contribution in [0.15, 0.2) is 53.3 Å². The summed E-state index contributed by atoms with van der Waals surface area (Å²) in [5.41, 5.74) is 1.55. The van der Waals surface area contributed by atoms with Gasteiger partial charge in [0.2, 0.25) is 0 Å². The van der Waals surface area contributed by atoms with Crippen molar-refractivity contribution in [3.8, 4) is 18.1 Å². The molecule has 29 heavy (non-hydrogen) atoms. The molecule has 0 aliphatic heterocycles. The van der Waals surface area contributed by atoms with E-state index in [-0.39, 0.29) is 24.6 Å². The molecule has 0 bridgehead atoms. The molecule has 2 aromatic carbocycles. The highest BCUT2D eigenvalue weighted by atomic mass is 16.5. The molecule has 0 saturated carbocycles. The van der Waals surface area contributed by atoms with Gasteiger partial charge in [-0.05, 0) is 24.3 Å². The Bertz CT molecular complexity index is 1330. The van der Waals surface area contributed by atoms with Crippen LogP contribution >= 0.6 is 0 Å². The number of terminal acetylenes is 1. The zero-order valence-corrected chi connectivity index (χ0v) is 15.7. The van der Waals surface area contributed by atoms with Gasteiger partial charge in [-0.15, -0.1) is 6.42 Å². The number of rotatable bonds is 5. The van der Waals surface area contributed by atoms with Gasteiger partial charge in [-0.3, -0.25) is 9.59 Å². The van der Waals surface area contributed by atoms with Crippen LogP contribution in [0.25, 0.3) is 21.7 Å². The van der Waals surface area contributed by atoms with Crippen LogP contribution in [0.1, 0.15) is 16.2 Å². The molecule has 7 heteroatoms. The molecule has 2 aromatic heterocycles. The number of hydrogen-bond donors (Lipinski definition) is 2. The third-order valence-corrected chi connectivity index (χ3v) is 4.68. The van der Waals surface area contributed by atoms with Crippen LogP contribution in [-0.2, 0) is 13.1 Å². The zero-order valence-electron chi connectivity index (χ0n) is 15.7. The third kappa shape index (κ3) is 3.44. The van der Waals surface area contributed by atoms with Gasteiger partial charge < -0.3 is 15.0 Å². The number of ether oxygens (including phenoxy) is 1. The molecule has 4 rings (SSSR count). The molecule has 2 N–H and O–H groups in total. The summed E-state index contributed by atoms with van der Waals surface area (Å²) in [7, 11) is 1.59. The summed E-state index contributed by atoms with van der Waals surface area (Å²) in [6.07, 6.45) is 5.35. The minimum Gasteiger partial charge on any atom is -0.497 e. The van der Waals surface area contributed by atoms with E-state index in [1.165, 1.54) is 4.68 Å². The lowest BCUT2D eigenvalue weighted by atomic mass is 10.1. The summed E-state index contributed by atoms with van der Waals surface area (Å²) >= 11 is 0. The first-order chi connectivity index (χ1) is 14.1. The normalized spacial score (nSPS) is 10.8. The Labute approximate surface area is 166 Å². The summed E-state index contributed by atoms with van der Waals surface area (Å²) in [6, 6.07) is 14.5. The van der Waals surface area contributed by atoms with E-state index < -0.39 is 0 Å². The number of nitrogens with zero attached hydrogens (tertiary/aromatic N) is 2. The molecular weight excluding hydrogens is 368 g/mol. The maximum Gasteiger partial charge on any atom is 0.275 e. The van der Waals surface area contributed by atoms with Crippen molar-refractivity contribution in [2.75, 3.05) is 7.11 Å². The largest absolute Gasteiger partial charge is 0.497 e. The molecule has 0 fully saturated rings. The maximum absolute atomic E-state index is 12.7. The smallest absolute Gasteiger partial charge is 0.275 e. The quantitative estimate of drug-likeness (QED) is 0.516. The van der Waals surface area contributed by atoms with E-state index in [4.69, 9.17) is 11.2 Å². The summed E-state index contributed by atoms with van der Waals surface area (Å²) in [6.45, 7) is 0.220. The average molecular weight is 386 g/mol. The van der Waals surface area contributed by atoms with Crippen molar-refractivity contribution in [2.24, 2.45) is 0 Å². The number of carbonyl (C=O) groups excluding carboxylic acids is 1. The van der Waals surface area contributed by atoms with Crippen LogP contribution in [0.3, 0.4) is 0 Å². The van der Waals surface area contributed by atoms with E-state index in [9.17, 15) is 9.59 Å². The fourth-order valence-corrected chi connectivity index (χ4v) is 3.24. The van der Waals surface area contributed by atoms with Crippen molar-refractivity contribution in [1.29, 1.82) is 0 Å². The molecule has 0 aliphatic carbocycles. The lowest BCUT2D eigenvalue weighted by Gasteiger charge is -2.10. The van der Waals surface area contributed by atoms with Crippen LogP contribution in [0.5, 0.6) is 5.75 Å². The molecule has 2 heterocycles. The highest BCUT2D eigenvalue weighted by Crippen LogP contribution is 2.21. The Kier molecular flexibility index (Phi) is 4.75. The molecule has 0 unspecified atom stereocenters. The summed E-state index contributed by atoms with van der Waals surface area (Å²) < 4.78 is 6.44. The third-order valence-electron chi connectivity index (χ3n) is 4.68. The fourth-order valence-electron chi connectivity index (χ4n) is 3.24. The predicted molar refractivity (Wildman–Crippen MR) is 111 cm³/mol. The standard InChI is InChI=1S/C22H18N4O3/c1-3-10-26-22(28)17-7-5-4-6-16(17)20(25-26)13-23-21(27)19-11-14-8-9-15(29-2)12-18(14)24-19/h1,4-9,11-12,24H,10,13H2,2H3,(H,23,27). The van der Waals surface area contributed by atoms with Crippen molar-refractivity contribution in [3.05, 3.63) is 70.3 Å². The van der Waals surface area contributed by atoms with Crippen molar-refractivity contribution < 1.29 is 9.53 Å². The minimum atomic E-state index is -0.277. The molecule has 0 spiro atoms. The molecule has 0 aliphatic rings. The lowest BCUT2D eigenvalue weighted by Crippen LogP contribution is -2.28. The number of amides is 1. The number of aromatic amines is 1. The Morgan fingerprint density at radius 1 is 1.24 bits per heavy atom. The number of carbonyl (C=O) groups is 1. The van der Waals surface area contributed by atoms with Gasteiger partial charge in [0.15, 0.2) is 0 Å². The van der Waals surface area contributed by atoms with Gasteiger partial charge in [-0.1, -0.05) is 24.1 Å². The number of nitrogens with one attached hydrogen (secondary N) is 2. The predicted octanol–water partition coefficient (Wildman–Crippen LogP) is 2.45. The van der Waals surface area contributed by atoms with Crippen LogP contribution in [0.4, 0.5) is 0 Å². The van der Waals surface area contributed by atoms with E-state index in [1.54, 1.807) is 31.4 Å². The summed E-state index contributed by atoms with van der Waals surface area (Å²) in [5, 5.41) is 9.30. The van der Waals surface area contributed by atoms with Gasteiger partial charge in [0, 0.05) is 22.4 Å². The van der Waals surface area contributed by atoms with Gasteiger partial charge in [-0.25, -0.2) is 4.68 Å². The minimum absolute atomic E-state index is 0.0640. The van der Waals surface area contributed by atoms with Crippen molar-refractivity contribution in [3.63, 3.8) is 0 Å². The van der Waals surface area contributed by atoms with Crippen molar-refractivity contribution in [1.82, 2.24) is 20.1 Å². The second-order valence-electron chi connectivity index (χ2n) is 6.48. The van der Waals surface area contributed by atoms with E-state index >= 15 is 0 Å². The second kappa shape index (κ2) is 7.52. The van der Waals surface area contributed by atoms with Gasteiger partial charge in [0.05, 0.1) is 24.7 Å². The van der Waals surface area contributed by atoms with Crippen LogP contribution in [0, 0.1) is 12.3 Å². The number of benzene rings is 2. The zero-order chi connectivity index (χ0) is 20.4. The lowest BCUT2D eigenvalue weighted by molar-refractivity contribution is 0.0946. The number of fused-ring (bicyclic) bond motifs is 2. The monoisotopic (exact) mass is 386 g/mol. The van der Waals surface area contributed by atoms with Crippen LogP contribution in [-0.4, -0.2) is 27.8 Å². The van der Waals surface area contributed by atoms with E-state index in [0.717, 1.165) is 10.9 Å². The van der Waals surface area contributed by atoms with Crippen molar-refractivity contribution >= 4 is 27.6 Å². The first-order valence-corrected chi connectivity index (χ1v) is 8.98. The molecule has 0 atom stereocenters. The molecule has 7 nitrogen and oxygen atoms in total. The van der Waals surface area contributed by atoms with Gasteiger partial charge in [0.25, 0.3) is 11.5 Å². The first-order valence-electron chi connectivity index (χ1n) is 8.98. The molecule has 1 amide bonds. The van der Waals surface area contributed by atoms with Gasteiger partial charge >= 0.3 is 0 Å². The Morgan fingerprint density at radius 2 is 2.03 bits per heavy atom. The first kappa shape index (κ1) is 18.3. The molecule has 4 aromatic rings. The van der Waals surface area contributed by atoms with Crippen molar-refractivity contribution in [2.45, 2.75) is 13.1 Å². The highest BCUT2D eigenvalue weighted by molar-refractivity contribution is 5.98.